The minimum atomic E-state index is -0.391. The van der Waals surface area contributed by atoms with E-state index in [0.717, 1.165) is 5.69 Å². The summed E-state index contributed by atoms with van der Waals surface area (Å²) >= 11 is 0. The van der Waals surface area contributed by atoms with E-state index < -0.39 is 5.82 Å². The highest BCUT2D eigenvalue weighted by Gasteiger charge is 2.28. The van der Waals surface area contributed by atoms with Gasteiger partial charge < -0.3 is 14.6 Å². The standard InChI is InChI=1S/C19H17FN4O3/c20-13-5-3-12(4-6-13)19(26)24-8-7-16-15(11-24)17(23-22-16)18(25)21-10-14-2-1-9-27-14/h1-6,9H,7-8,10-11H2,(H,21,25)(H,22,23). The highest BCUT2D eigenvalue weighted by molar-refractivity contribution is 5.96. The number of aromatic nitrogens is 2. The number of furan rings is 1. The number of hydrogen-bond donors (Lipinski definition) is 2. The molecule has 0 saturated heterocycles. The van der Waals surface area contributed by atoms with E-state index in [9.17, 15) is 14.0 Å². The van der Waals surface area contributed by atoms with Gasteiger partial charge in [-0.1, -0.05) is 0 Å². The molecule has 0 saturated carbocycles. The predicted molar refractivity (Wildman–Crippen MR) is 93.3 cm³/mol. The molecule has 1 aliphatic heterocycles. The number of amides is 2. The lowest BCUT2D eigenvalue weighted by Crippen LogP contribution is -2.36. The summed E-state index contributed by atoms with van der Waals surface area (Å²) in [5.74, 6) is -0.289. The number of H-pyrrole nitrogens is 1. The molecule has 1 aliphatic rings. The molecule has 4 rings (SSSR count). The molecular formula is C19H17FN4O3. The van der Waals surface area contributed by atoms with Crippen LogP contribution in [-0.2, 0) is 19.5 Å². The molecule has 0 fully saturated rings. The van der Waals surface area contributed by atoms with Gasteiger partial charge in [0.2, 0.25) is 0 Å². The van der Waals surface area contributed by atoms with Crippen LogP contribution in [0.4, 0.5) is 4.39 Å². The maximum atomic E-state index is 13.1. The number of aromatic amines is 1. The van der Waals surface area contributed by atoms with Gasteiger partial charge in [-0.15, -0.1) is 0 Å². The van der Waals surface area contributed by atoms with Crippen molar-refractivity contribution >= 4 is 11.8 Å². The van der Waals surface area contributed by atoms with E-state index in [0.29, 0.717) is 29.9 Å². The van der Waals surface area contributed by atoms with Crippen LogP contribution in [0.25, 0.3) is 0 Å². The topological polar surface area (TPSA) is 91.2 Å². The van der Waals surface area contributed by atoms with E-state index in [-0.39, 0.29) is 30.6 Å². The molecule has 0 radical (unpaired) electrons. The zero-order valence-electron chi connectivity index (χ0n) is 14.4. The molecule has 138 valence electrons. The third-order valence-electron chi connectivity index (χ3n) is 4.53. The van der Waals surface area contributed by atoms with Crippen LogP contribution >= 0.6 is 0 Å². The van der Waals surface area contributed by atoms with Crippen LogP contribution in [0.15, 0.2) is 47.1 Å². The Bertz CT molecular complexity index is 964. The first-order chi connectivity index (χ1) is 13.1. The Hall–Kier alpha value is -3.42. The molecule has 3 heterocycles. The van der Waals surface area contributed by atoms with Gasteiger partial charge in [0, 0.05) is 29.8 Å². The van der Waals surface area contributed by atoms with E-state index in [4.69, 9.17) is 4.42 Å². The smallest absolute Gasteiger partial charge is 0.272 e. The van der Waals surface area contributed by atoms with Crippen molar-refractivity contribution in [3.63, 3.8) is 0 Å². The number of nitrogens with one attached hydrogen (secondary N) is 2. The van der Waals surface area contributed by atoms with Crippen LogP contribution < -0.4 is 5.32 Å². The molecule has 2 N–H and O–H groups in total. The number of halogens is 1. The molecular weight excluding hydrogens is 351 g/mol. The molecule has 0 bridgehead atoms. The quantitative estimate of drug-likeness (QED) is 0.739. The maximum absolute atomic E-state index is 13.1. The zero-order chi connectivity index (χ0) is 18.8. The summed E-state index contributed by atoms with van der Waals surface area (Å²) in [4.78, 5) is 26.8. The van der Waals surface area contributed by atoms with E-state index >= 15 is 0 Å². The monoisotopic (exact) mass is 368 g/mol. The molecule has 1 aromatic carbocycles. The van der Waals surface area contributed by atoms with Crippen LogP contribution in [0.2, 0.25) is 0 Å². The van der Waals surface area contributed by atoms with E-state index in [1.807, 2.05) is 0 Å². The molecule has 0 atom stereocenters. The van der Waals surface area contributed by atoms with Crippen LogP contribution in [0.5, 0.6) is 0 Å². The van der Waals surface area contributed by atoms with Gasteiger partial charge in [0.15, 0.2) is 5.69 Å². The zero-order valence-corrected chi connectivity index (χ0v) is 14.4. The summed E-state index contributed by atoms with van der Waals surface area (Å²) in [6, 6.07) is 8.95. The first-order valence-electron chi connectivity index (χ1n) is 8.53. The van der Waals surface area contributed by atoms with Crippen LogP contribution in [0.1, 0.15) is 37.9 Å². The summed E-state index contributed by atoms with van der Waals surface area (Å²) in [6.07, 6.45) is 2.11. The summed E-state index contributed by atoms with van der Waals surface area (Å²) in [6.45, 7) is 1.02. The number of carbonyl (C=O) groups excluding carboxylic acids is 2. The normalized spacial score (nSPS) is 13.3. The van der Waals surface area contributed by atoms with E-state index in [1.54, 1.807) is 17.0 Å². The molecule has 0 unspecified atom stereocenters. The fourth-order valence-electron chi connectivity index (χ4n) is 3.10. The lowest BCUT2D eigenvalue weighted by atomic mass is 10.0. The first-order valence-corrected chi connectivity index (χ1v) is 8.53. The fourth-order valence-corrected chi connectivity index (χ4v) is 3.10. The third-order valence-corrected chi connectivity index (χ3v) is 4.53. The summed E-state index contributed by atoms with van der Waals surface area (Å²) in [5, 5.41) is 9.77. The van der Waals surface area contributed by atoms with Crippen molar-refractivity contribution in [2.45, 2.75) is 19.5 Å². The van der Waals surface area contributed by atoms with Crippen molar-refractivity contribution in [3.05, 3.63) is 76.8 Å². The first kappa shape index (κ1) is 17.0. The second kappa shape index (κ2) is 7.06. The van der Waals surface area contributed by atoms with Crippen molar-refractivity contribution in [1.82, 2.24) is 20.4 Å². The van der Waals surface area contributed by atoms with Gasteiger partial charge in [0.05, 0.1) is 19.4 Å². The Labute approximate surface area is 154 Å². The van der Waals surface area contributed by atoms with Crippen molar-refractivity contribution in [3.8, 4) is 0 Å². The summed E-state index contributed by atoms with van der Waals surface area (Å²) in [5.41, 5.74) is 2.23. The van der Waals surface area contributed by atoms with Gasteiger partial charge in [0.1, 0.15) is 11.6 Å². The number of rotatable bonds is 4. The summed E-state index contributed by atoms with van der Waals surface area (Å²) in [7, 11) is 0. The van der Waals surface area contributed by atoms with Gasteiger partial charge in [-0.05, 0) is 36.4 Å². The Kier molecular flexibility index (Phi) is 4.45. The molecule has 2 amide bonds. The molecule has 27 heavy (non-hydrogen) atoms. The highest BCUT2D eigenvalue weighted by Crippen LogP contribution is 2.22. The molecule has 7 nitrogen and oxygen atoms in total. The lowest BCUT2D eigenvalue weighted by molar-refractivity contribution is 0.0731. The number of benzene rings is 1. The van der Waals surface area contributed by atoms with Crippen molar-refractivity contribution < 1.29 is 18.4 Å². The second-order valence-electron chi connectivity index (χ2n) is 6.27. The van der Waals surface area contributed by atoms with Crippen LogP contribution in [-0.4, -0.2) is 33.5 Å². The molecule has 8 heteroatoms. The fraction of sp³-hybridized carbons (Fsp3) is 0.211. The third kappa shape index (κ3) is 3.46. The lowest BCUT2D eigenvalue weighted by Gasteiger charge is -2.27. The van der Waals surface area contributed by atoms with Crippen molar-refractivity contribution in [2.24, 2.45) is 0 Å². The minimum absolute atomic E-state index is 0.205. The Morgan fingerprint density at radius 1 is 1.26 bits per heavy atom. The van der Waals surface area contributed by atoms with Crippen molar-refractivity contribution in [2.75, 3.05) is 6.54 Å². The molecule has 3 aromatic rings. The predicted octanol–water partition coefficient (Wildman–Crippen LogP) is 2.27. The largest absolute Gasteiger partial charge is 0.467 e. The van der Waals surface area contributed by atoms with E-state index in [1.165, 1.54) is 30.5 Å². The van der Waals surface area contributed by atoms with Crippen LogP contribution in [0, 0.1) is 5.82 Å². The minimum Gasteiger partial charge on any atom is -0.467 e. The summed E-state index contributed by atoms with van der Waals surface area (Å²) < 4.78 is 18.3. The highest BCUT2D eigenvalue weighted by atomic mass is 19.1. The van der Waals surface area contributed by atoms with Crippen molar-refractivity contribution in [1.29, 1.82) is 0 Å². The number of nitrogens with zero attached hydrogens (tertiary/aromatic N) is 2. The molecule has 0 spiro atoms. The second-order valence-corrected chi connectivity index (χ2v) is 6.27. The van der Waals surface area contributed by atoms with E-state index in [2.05, 4.69) is 15.5 Å². The number of hydrogen-bond acceptors (Lipinski definition) is 4. The Balaban J connectivity index is 1.48. The van der Waals surface area contributed by atoms with Gasteiger partial charge in [-0.2, -0.15) is 5.10 Å². The SMILES string of the molecule is O=C(NCc1ccco1)c1n[nH]c2c1CN(C(=O)c1ccc(F)cc1)CC2. The molecule has 0 aliphatic carbocycles. The van der Waals surface area contributed by atoms with Gasteiger partial charge in [-0.25, -0.2) is 4.39 Å². The Morgan fingerprint density at radius 2 is 2.07 bits per heavy atom. The average Bonchev–Trinajstić information content (AvgIpc) is 3.35. The van der Waals surface area contributed by atoms with Gasteiger partial charge in [-0.3, -0.25) is 14.7 Å². The number of carbonyl (C=O) groups is 2. The maximum Gasteiger partial charge on any atom is 0.272 e. The average molecular weight is 368 g/mol. The Morgan fingerprint density at radius 3 is 2.81 bits per heavy atom. The van der Waals surface area contributed by atoms with Crippen LogP contribution in [0.3, 0.4) is 0 Å². The number of fused-ring (bicyclic) bond motifs is 1. The van der Waals surface area contributed by atoms with Gasteiger partial charge in [0.25, 0.3) is 11.8 Å². The molecule has 2 aromatic heterocycles. The van der Waals surface area contributed by atoms with Gasteiger partial charge >= 0.3 is 0 Å².